The number of carbonyl (C=O) groups is 2. The average Bonchev–Trinajstić information content (AvgIpc) is 3.03. The van der Waals surface area contributed by atoms with Crippen LogP contribution < -0.4 is 5.32 Å². The van der Waals surface area contributed by atoms with Crippen molar-refractivity contribution in [1.29, 1.82) is 0 Å². The van der Waals surface area contributed by atoms with E-state index in [9.17, 15) is 9.59 Å². The molecular formula is C16H18ClN3O2. The number of hydrogen-bond donors (Lipinski definition) is 1. The molecule has 1 aromatic heterocycles. The van der Waals surface area contributed by atoms with Crippen LogP contribution in [0.2, 0.25) is 5.02 Å². The fourth-order valence-electron chi connectivity index (χ4n) is 2.00. The minimum absolute atomic E-state index is 0.0507. The monoisotopic (exact) mass is 319 g/mol. The van der Waals surface area contributed by atoms with Gasteiger partial charge in [0.15, 0.2) is 5.78 Å². The van der Waals surface area contributed by atoms with Gasteiger partial charge in [0.25, 0.3) is 0 Å². The lowest BCUT2D eigenvalue weighted by Crippen LogP contribution is -2.25. The molecule has 0 aliphatic carbocycles. The molecule has 0 spiro atoms. The van der Waals surface area contributed by atoms with Gasteiger partial charge in [0.1, 0.15) is 0 Å². The molecule has 0 fully saturated rings. The van der Waals surface area contributed by atoms with Crippen LogP contribution in [0.15, 0.2) is 43.0 Å². The van der Waals surface area contributed by atoms with Crippen LogP contribution in [0.5, 0.6) is 0 Å². The molecule has 0 aliphatic heterocycles. The van der Waals surface area contributed by atoms with Crippen molar-refractivity contribution in [2.75, 3.05) is 6.54 Å². The third-order valence-electron chi connectivity index (χ3n) is 3.22. The van der Waals surface area contributed by atoms with Crippen molar-refractivity contribution in [3.63, 3.8) is 0 Å². The van der Waals surface area contributed by atoms with Crippen LogP contribution in [0.1, 0.15) is 29.6 Å². The summed E-state index contributed by atoms with van der Waals surface area (Å²) < 4.78 is 1.95. The van der Waals surface area contributed by atoms with Gasteiger partial charge in [0, 0.05) is 48.9 Å². The number of rotatable bonds is 8. The number of nitrogens with one attached hydrogen (secondary N) is 1. The van der Waals surface area contributed by atoms with Gasteiger partial charge in [-0.05, 0) is 30.7 Å². The standard InChI is InChI=1S/C16H18ClN3O2/c17-14-4-2-13(3-5-14)15(21)6-7-16(22)19-8-1-10-20-11-9-18-12-20/h2-5,9,11-12H,1,6-8,10H2,(H,19,22). The van der Waals surface area contributed by atoms with Crippen LogP contribution in [0.25, 0.3) is 0 Å². The molecule has 0 saturated carbocycles. The van der Waals surface area contributed by atoms with E-state index in [1.165, 1.54) is 0 Å². The molecule has 0 radical (unpaired) electrons. The van der Waals surface area contributed by atoms with E-state index < -0.39 is 0 Å². The van der Waals surface area contributed by atoms with Crippen LogP contribution in [0.4, 0.5) is 0 Å². The van der Waals surface area contributed by atoms with E-state index >= 15 is 0 Å². The van der Waals surface area contributed by atoms with Crippen LogP contribution in [-0.2, 0) is 11.3 Å². The summed E-state index contributed by atoms with van der Waals surface area (Å²) in [7, 11) is 0. The van der Waals surface area contributed by atoms with Gasteiger partial charge in [-0.3, -0.25) is 9.59 Å². The Bertz CT molecular complexity index is 609. The molecule has 0 atom stereocenters. The first kappa shape index (κ1) is 16.2. The lowest BCUT2D eigenvalue weighted by molar-refractivity contribution is -0.121. The summed E-state index contributed by atoms with van der Waals surface area (Å²) in [5, 5.41) is 3.41. The van der Waals surface area contributed by atoms with Crippen molar-refractivity contribution >= 4 is 23.3 Å². The molecule has 5 nitrogen and oxygen atoms in total. The molecule has 1 aromatic carbocycles. The predicted molar refractivity (Wildman–Crippen MR) is 84.9 cm³/mol. The first-order valence-corrected chi connectivity index (χ1v) is 7.54. The van der Waals surface area contributed by atoms with Gasteiger partial charge in [-0.1, -0.05) is 11.6 Å². The predicted octanol–water partition coefficient (Wildman–Crippen LogP) is 2.71. The van der Waals surface area contributed by atoms with Crippen molar-refractivity contribution in [3.8, 4) is 0 Å². The number of hydrogen-bond acceptors (Lipinski definition) is 3. The molecule has 116 valence electrons. The Hall–Kier alpha value is -2.14. The van der Waals surface area contributed by atoms with Crippen molar-refractivity contribution in [1.82, 2.24) is 14.9 Å². The minimum Gasteiger partial charge on any atom is -0.356 e. The van der Waals surface area contributed by atoms with Crippen molar-refractivity contribution in [2.45, 2.75) is 25.8 Å². The van der Waals surface area contributed by atoms with Gasteiger partial charge < -0.3 is 9.88 Å². The molecule has 0 saturated heterocycles. The van der Waals surface area contributed by atoms with Crippen LogP contribution in [-0.4, -0.2) is 27.8 Å². The van der Waals surface area contributed by atoms with E-state index in [4.69, 9.17) is 11.6 Å². The van der Waals surface area contributed by atoms with E-state index in [2.05, 4.69) is 10.3 Å². The fraction of sp³-hybridized carbons (Fsp3) is 0.312. The Kier molecular flexibility index (Phi) is 6.15. The summed E-state index contributed by atoms with van der Waals surface area (Å²) >= 11 is 5.77. The minimum atomic E-state index is -0.104. The van der Waals surface area contributed by atoms with Gasteiger partial charge in [0.05, 0.1) is 6.33 Å². The van der Waals surface area contributed by atoms with Crippen LogP contribution >= 0.6 is 11.6 Å². The van der Waals surface area contributed by atoms with Gasteiger partial charge in [-0.25, -0.2) is 4.98 Å². The maximum Gasteiger partial charge on any atom is 0.220 e. The third kappa shape index (κ3) is 5.33. The molecule has 1 N–H and O–H groups in total. The maximum atomic E-state index is 11.9. The number of imidazole rings is 1. The summed E-state index contributed by atoms with van der Waals surface area (Å²) in [6, 6.07) is 6.69. The molecule has 22 heavy (non-hydrogen) atoms. The fourth-order valence-corrected chi connectivity index (χ4v) is 2.13. The molecular weight excluding hydrogens is 302 g/mol. The number of carbonyl (C=O) groups excluding carboxylic acids is 2. The van der Waals surface area contributed by atoms with Crippen molar-refractivity contribution < 1.29 is 9.59 Å². The van der Waals surface area contributed by atoms with Gasteiger partial charge in [0.2, 0.25) is 5.91 Å². The first-order valence-electron chi connectivity index (χ1n) is 7.16. The van der Waals surface area contributed by atoms with Gasteiger partial charge in [-0.15, -0.1) is 0 Å². The van der Waals surface area contributed by atoms with Gasteiger partial charge >= 0.3 is 0 Å². The zero-order valence-electron chi connectivity index (χ0n) is 12.2. The second-order valence-electron chi connectivity index (χ2n) is 4.93. The number of nitrogens with zero attached hydrogens (tertiary/aromatic N) is 2. The van der Waals surface area contributed by atoms with Crippen molar-refractivity contribution in [2.24, 2.45) is 0 Å². The zero-order chi connectivity index (χ0) is 15.8. The Morgan fingerprint density at radius 3 is 2.64 bits per heavy atom. The Labute approximate surface area is 134 Å². The highest BCUT2D eigenvalue weighted by Gasteiger charge is 2.09. The molecule has 1 amide bonds. The summed E-state index contributed by atoms with van der Waals surface area (Å²) in [5.74, 6) is -0.154. The normalized spacial score (nSPS) is 10.4. The lowest BCUT2D eigenvalue weighted by Gasteiger charge is -2.06. The number of aromatic nitrogens is 2. The van der Waals surface area contributed by atoms with E-state index in [0.717, 1.165) is 13.0 Å². The first-order chi connectivity index (χ1) is 10.6. The second-order valence-corrected chi connectivity index (χ2v) is 5.37. The molecule has 6 heteroatoms. The van der Waals surface area contributed by atoms with Crippen LogP contribution in [0.3, 0.4) is 0 Å². The van der Waals surface area contributed by atoms with E-state index in [-0.39, 0.29) is 24.5 Å². The quantitative estimate of drug-likeness (QED) is 0.601. The average molecular weight is 320 g/mol. The third-order valence-corrected chi connectivity index (χ3v) is 3.47. The number of halogens is 1. The Morgan fingerprint density at radius 2 is 1.95 bits per heavy atom. The topological polar surface area (TPSA) is 64.0 Å². The summed E-state index contributed by atoms with van der Waals surface area (Å²) in [6.45, 7) is 1.40. The Balaban J connectivity index is 1.62. The van der Waals surface area contributed by atoms with Crippen LogP contribution in [0, 0.1) is 0 Å². The Morgan fingerprint density at radius 1 is 1.18 bits per heavy atom. The molecule has 0 bridgehead atoms. The number of Topliss-reactive ketones (excluding diaryl/α,β-unsaturated/α-hetero) is 1. The largest absolute Gasteiger partial charge is 0.356 e. The molecule has 2 aromatic rings. The number of aryl methyl sites for hydroxylation is 1. The lowest BCUT2D eigenvalue weighted by atomic mass is 10.1. The van der Waals surface area contributed by atoms with E-state index in [1.54, 1.807) is 36.8 Å². The highest BCUT2D eigenvalue weighted by atomic mass is 35.5. The maximum absolute atomic E-state index is 11.9. The summed E-state index contributed by atoms with van der Waals surface area (Å²) in [5.41, 5.74) is 0.581. The summed E-state index contributed by atoms with van der Waals surface area (Å²) in [6.07, 6.45) is 6.58. The SMILES string of the molecule is O=C(CCC(=O)c1ccc(Cl)cc1)NCCCn1ccnc1. The smallest absolute Gasteiger partial charge is 0.220 e. The zero-order valence-corrected chi connectivity index (χ0v) is 12.9. The van der Waals surface area contributed by atoms with Gasteiger partial charge in [-0.2, -0.15) is 0 Å². The highest BCUT2D eigenvalue weighted by molar-refractivity contribution is 6.30. The van der Waals surface area contributed by atoms with E-state index in [0.29, 0.717) is 17.1 Å². The molecule has 0 unspecified atom stereocenters. The number of benzene rings is 1. The van der Waals surface area contributed by atoms with Crippen molar-refractivity contribution in [3.05, 3.63) is 53.6 Å². The van der Waals surface area contributed by atoms with E-state index in [1.807, 2.05) is 10.8 Å². The molecule has 2 rings (SSSR count). The highest BCUT2D eigenvalue weighted by Crippen LogP contribution is 2.11. The number of amides is 1. The second kappa shape index (κ2) is 8.34. The number of ketones is 1. The summed E-state index contributed by atoms with van der Waals surface area (Å²) in [4.78, 5) is 27.6. The molecule has 0 aliphatic rings. The molecule has 1 heterocycles.